The van der Waals surface area contributed by atoms with Gasteiger partial charge in [-0.05, 0) is 32.1 Å². The number of likely N-dealkylation sites (tertiary alicyclic amines) is 1. The van der Waals surface area contributed by atoms with Gasteiger partial charge in [-0.25, -0.2) is 23.1 Å². The lowest BCUT2D eigenvalue weighted by atomic mass is 9.93. The molecular formula is C24H30F3N7O2. The normalized spacial score (nSPS) is 21.9. The number of anilines is 3. The molecule has 1 saturated carbocycles. The van der Waals surface area contributed by atoms with Crippen LogP contribution in [0.1, 0.15) is 52.5 Å². The van der Waals surface area contributed by atoms with Crippen LogP contribution in [0.3, 0.4) is 0 Å². The summed E-state index contributed by atoms with van der Waals surface area (Å²) in [6.07, 6.45) is 4.81. The van der Waals surface area contributed by atoms with Crippen molar-refractivity contribution in [2.45, 2.75) is 64.6 Å². The van der Waals surface area contributed by atoms with Gasteiger partial charge in [-0.2, -0.15) is 4.98 Å². The quantitative estimate of drug-likeness (QED) is 0.479. The van der Waals surface area contributed by atoms with E-state index in [4.69, 9.17) is 0 Å². The number of carbonyl (C=O) groups excluding carboxylic acids is 1. The Morgan fingerprint density at radius 2 is 1.78 bits per heavy atom. The van der Waals surface area contributed by atoms with Crippen LogP contribution in [-0.2, 0) is 4.79 Å². The monoisotopic (exact) mass is 505 g/mol. The van der Waals surface area contributed by atoms with Crippen molar-refractivity contribution in [1.29, 1.82) is 0 Å². The molecule has 0 spiro atoms. The Bertz CT molecular complexity index is 1240. The molecule has 1 aliphatic carbocycles. The van der Waals surface area contributed by atoms with E-state index in [1.54, 1.807) is 9.47 Å². The molecule has 1 aliphatic heterocycles. The first-order chi connectivity index (χ1) is 16.8. The number of carbonyl (C=O) groups is 1. The van der Waals surface area contributed by atoms with E-state index < -0.39 is 23.1 Å². The molecule has 3 heterocycles. The van der Waals surface area contributed by atoms with Gasteiger partial charge in [0.1, 0.15) is 17.0 Å². The van der Waals surface area contributed by atoms with E-state index in [-0.39, 0.29) is 37.5 Å². The number of nitrogens with zero attached hydrogens (tertiary/aromatic N) is 5. The van der Waals surface area contributed by atoms with Gasteiger partial charge in [0, 0.05) is 38.2 Å². The first kappa shape index (κ1) is 25.7. The third-order valence-electron chi connectivity index (χ3n) is 6.68. The maximum Gasteiger partial charge on any atom is 0.224 e. The zero-order chi connectivity index (χ0) is 24.7. The summed E-state index contributed by atoms with van der Waals surface area (Å²) in [5.41, 5.74) is 0.317. The number of aromatic nitrogens is 4. The highest BCUT2D eigenvalue weighted by molar-refractivity contribution is 5.77. The van der Waals surface area contributed by atoms with Crippen LogP contribution in [0, 0.1) is 17.5 Å². The lowest BCUT2D eigenvalue weighted by molar-refractivity contribution is -0.127. The molecule has 1 aromatic carbocycles. The Kier molecular flexibility index (Phi) is 7.34. The number of hydrogen-bond donors (Lipinski definition) is 3. The second kappa shape index (κ2) is 10.3. The summed E-state index contributed by atoms with van der Waals surface area (Å²) < 4.78 is 43.9. The molecule has 5 rings (SSSR count). The third kappa shape index (κ3) is 5.08. The van der Waals surface area contributed by atoms with Gasteiger partial charge in [0.25, 0.3) is 0 Å². The number of amides is 1. The summed E-state index contributed by atoms with van der Waals surface area (Å²) in [7, 11) is 0. The predicted octanol–water partition coefficient (Wildman–Crippen LogP) is 4.13. The summed E-state index contributed by atoms with van der Waals surface area (Å²) in [4.78, 5) is 27.1. The number of aliphatic hydroxyl groups is 1. The number of halogens is 3. The minimum atomic E-state index is -1.09. The first-order valence-electron chi connectivity index (χ1n) is 11.6. The minimum Gasteiger partial charge on any atom is -0.393 e. The molecule has 2 aromatic heterocycles. The van der Waals surface area contributed by atoms with Gasteiger partial charge in [0.15, 0.2) is 17.3 Å². The van der Waals surface area contributed by atoms with Crippen molar-refractivity contribution in [1.82, 2.24) is 24.4 Å². The van der Waals surface area contributed by atoms with Crippen LogP contribution < -0.4 is 10.6 Å². The van der Waals surface area contributed by atoms with Crippen molar-refractivity contribution in [3.05, 3.63) is 35.8 Å². The molecule has 1 saturated heterocycles. The van der Waals surface area contributed by atoms with Crippen LogP contribution in [0.5, 0.6) is 0 Å². The van der Waals surface area contributed by atoms with Crippen LogP contribution >= 0.6 is 0 Å². The van der Waals surface area contributed by atoms with Crippen molar-refractivity contribution in [3.63, 3.8) is 0 Å². The fraction of sp³-hybridized carbons (Fsp3) is 0.500. The van der Waals surface area contributed by atoms with E-state index in [2.05, 4.69) is 25.6 Å². The fourth-order valence-corrected chi connectivity index (χ4v) is 4.81. The molecule has 0 bridgehead atoms. The Hall–Kier alpha value is -3.41. The van der Waals surface area contributed by atoms with Crippen LogP contribution in [-0.4, -0.2) is 60.7 Å². The average Bonchev–Trinajstić information content (AvgIpc) is 3.42. The van der Waals surface area contributed by atoms with Gasteiger partial charge in [-0.15, -0.1) is 0 Å². The van der Waals surface area contributed by atoms with Crippen molar-refractivity contribution in [2.24, 2.45) is 0 Å². The Balaban J connectivity index is 0.00000304. The molecule has 9 nitrogen and oxygen atoms in total. The number of fused-ring (bicyclic) bond motifs is 1. The zero-order valence-electron chi connectivity index (χ0n) is 19.1. The highest BCUT2D eigenvalue weighted by Crippen LogP contribution is 2.33. The van der Waals surface area contributed by atoms with E-state index in [9.17, 15) is 23.1 Å². The summed E-state index contributed by atoms with van der Waals surface area (Å²) in [6.45, 7) is 2.40. The number of aliphatic hydroxyl groups excluding tert-OH is 1. The van der Waals surface area contributed by atoms with Gasteiger partial charge in [0.05, 0.1) is 18.3 Å². The Morgan fingerprint density at radius 3 is 2.42 bits per heavy atom. The number of benzene rings is 1. The van der Waals surface area contributed by atoms with Gasteiger partial charge in [-0.3, -0.25) is 9.36 Å². The summed E-state index contributed by atoms with van der Waals surface area (Å²) in [5.74, 6) is -2.78. The van der Waals surface area contributed by atoms with E-state index in [1.807, 2.05) is 0 Å². The van der Waals surface area contributed by atoms with Crippen molar-refractivity contribution >= 4 is 34.7 Å². The second-order valence-electron chi connectivity index (χ2n) is 9.13. The summed E-state index contributed by atoms with van der Waals surface area (Å²) in [5, 5.41) is 15.7. The molecule has 1 amide bonds. The standard InChI is InChI=1S/C23H26F3N7O2.CH4/c1-12(34)32-7-6-15(11-32)33-21-19(10-27-22(31-21)28-14-2-4-16(35)5-3-14)29-23(33)30-20-17(25)8-13(24)9-18(20)26;/h8-10,14-16,35H,2-7,11H2,1H3,(H,29,30)(H,27,28,31);1H4/t14?,15-,16?;/m1./s1. The summed E-state index contributed by atoms with van der Waals surface area (Å²) >= 11 is 0. The molecule has 3 N–H and O–H groups in total. The van der Waals surface area contributed by atoms with Crippen molar-refractivity contribution < 1.29 is 23.1 Å². The predicted molar refractivity (Wildman–Crippen MR) is 129 cm³/mol. The average molecular weight is 506 g/mol. The third-order valence-corrected chi connectivity index (χ3v) is 6.68. The number of imidazole rings is 1. The smallest absolute Gasteiger partial charge is 0.224 e. The fourth-order valence-electron chi connectivity index (χ4n) is 4.81. The van der Waals surface area contributed by atoms with Gasteiger partial charge < -0.3 is 20.6 Å². The van der Waals surface area contributed by atoms with E-state index in [0.29, 0.717) is 61.6 Å². The molecule has 12 heteroatoms. The molecule has 3 aromatic rings. The van der Waals surface area contributed by atoms with E-state index in [1.165, 1.54) is 13.1 Å². The maximum atomic E-state index is 14.4. The number of rotatable bonds is 5. The zero-order valence-corrected chi connectivity index (χ0v) is 19.1. The second-order valence-corrected chi connectivity index (χ2v) is 9.13. The molecule has 194 valence electrons. The van der Waals surface area contributed by atoms with E-state index >= 15 is 0 Å². The Morgan fingerprint density at radius 1 is 1.08 bits per heavy atom. The summed E-state index contributed by atoms with van der Waals surface area (Å²) in [6, 6.07) is 1.06. The minimum absolute atomic E-state index is 0. The largest absolute Gasteiger partial charge is 0.393 e. The van der Waals surface area contributed by atoms with Gasteiger partial charge >= 0.3 is 0 Å². The number of hydrogen-bond acceptors (Lipinski definition) is 7. The lowest BCUT2D eigenvalue weighted by Crippen LogP contribution is -2.29. The Labute approximate surface area is 206 Å². The van der Waals surface area contributed by atoms with Gasteiger partial charge in [0.2, 0.25) is 17.8 Å². The molecule has 0 unspecified atom stereocenters. The SMILES string of the molecule is C.CC(=O)N1CC[C@@H](n2c(Nc3c(F)cc(F)cc3F)nc3cnc(NC4CCC(O)CC4)nc32)C1. The van der Waals surface area contributed by atoms with Crippen molar-refractivity contribution in [2.75, 3.05) is 23.7 Å². The maximum absolute atomic E-state index is 14.4. The first-order valence-corrected chi connectivity index (χ1v) is 11.6. The van der Waals surface area contributed by atoms with Crippen LogP contribution in [0.4, 0.5) is 30.8 Å². The van der Waals surface area contributed by atoms with Crippen molar-refractivity contribution in [3.8, 4) is 0 Å². The molecule has 36 heavy (non-hydrogen) atoms. The molecule has 0 radical (unpaired) electrons. The number of nitrogens with one attached hydrogen (secondary N) is 2. The van der Waals surface area contributed by atoms with E-state index in [0.717, 1.165) is 12.8 Å². The van der Waals surface area contributed by atoms with Gasteiger partial charge in [-0.1, -0.05) is 7.43 Å². The van der Waals surface area contributed by atoms with Crippen LogP contribution in [0.2, 0.25) is 0 Å². The van der Waals surface area contributed by atoms with Crippen LogP contribution in [0.25, 0.3) is 11.2 Å². The molecule has 2 aliphatic rings. The molecule has 1 atom stereocenters. The van der Waals surface area contributed by atoms with Crippen LogP contribution in [0.15, 0.2) is 18.3 Å². The lowest BCUT2D eigenvalue weighted by Gasteiger charge is -2.26. The molecule has 2 fully saturated rings. The highest BCUT2D eigenvalue weighted by atomic mass is 19.1. The highest BCUT2D eigenvalue weighted by Gasteiger charge is 2.30. The molecular weight excluding hydrogens is 475 g/mol. The topological polar surface area (TPSA) is 108 Å².